The van der Waals surface area contributed by atoms with Crippen molar-refractivity contribution in [2.24, 2.45) is 0 Å². The minimum atomic E-state index is -0.866. The van der Waals surface area contributed by atoms with Gasteiger partial charge in [0.15, 0.2) is 5.82 Å². The molecule has 2 aromatic rings. The number of aromatic nitrogens is 1. The average molecular weight is 298 g/mol. The molecule has 4 nitrogen and oxygen atoms in total. The Labute approximate surface area is 118 Å². The fourth-order valence-corrected chi connectivity index (χ4v) is 1.82. The fraction of sp³-hybridized carbons (Fsp3) is 0.0769. The van der Waals surface area contributed by atoms with E-state index in [0.717, 1.165) is 6.07 Å². The fourth-order valence-electron chi connectivity index (χ4n) is 1.61. The maximum Gasteiger partial charge on any atom is 0.256 e. The van der Waals surface area contributed by atoms with Crippen LogP contribution in [0.4, 0.5) is 20.3 Å². The van der Waals surface area contributed by atoms with Crippen molar-refractivity contribution >= 4 is 29.0 Å². The van der Waals surface area contributed by atoms with E-state index in [4.69, 9.17) is 17.3 Å². The lowest BCUT2D eigenvalue weighted by atomic mass is 10.2. The highest BCUT2D eigenvalue weighted by Gasteiger charge is 2.16. The highest BCUT2D eigenvalue weighted by molar-refractivity contribution is 6.30. The summed E-state index contributed by atoms with van der Waals surface area (Å²) in [5.41, 5.74) is 5.21. The molecule has 1 heterocycles. The summed E-state index contributed by atoms with van der Waals surface area (Å²) < 4.78 is 27.3. The number of aryl methyl sites for hydroxylation is 1. The summed E-state index contributed by atoms with van der Waals surface area (Å²) in [6, 6.07) is 4.86. The summed E-state index contributed by atoms with van der Waals surface area (Å²) in [4.78, 5) is 15.6. The zero-order valence-electron chi connectivity index (χ0n) is 10.4. The van der Waals surface area contributed by atoms with E-state index >= 15 is 0 Å². The molecule has 0 fully saturated rings. The molecule has 1 amide bonds. The molecule has 0 spiro atoms. The lowest BCUT2D eigenvalue weighted by Crippen LogP contribution is -2.15. The first-order valence-corrected chi connectivity index (χ1v) is 5.95. The molecule has 0 saturated heterocycles. The Bertz CT molecular complexity index is 671. The number of pyridine rings is 1. The van der Waals surface area contributed by atoms with Gasteiger partial charge in [0.1, 0.15) is 22.5 Å². The van der Waals surface area contributed by atoms with E-state index in [9.17, 15) is 13.6 Å². The highest BCUT2D eigenvalue weighted by atomic mass is 35.5. The second-order valence-corrected chi connectivity index (χ2v) is 4.50. The van der Waals surface area contributed by atoms with Crippen LogP contribution in [-0.2, 0) is 0 Å². The molecule has 7 heteroatoms. The Hall–Kier alpha value is -2.21. The predicted molar refractivity (Wildman–Crippen MR) is 72.7 cm³/mol. The Kier molecular flexibility index (Phi) is 3.85. The summed E-state index contributed by atoms with van der Waals surface area (Å²) in [7, 11) is 0. The van der Waals surface area contributed by atoms with Crippen LogP contribution in [0.1, 0.15) is 15.9 Å². The normalized spacial score (nSPS) is 10.4. The quantitative estimate of drug-likeness (QED) is 0.837. The van der Waals surface area contributed by atoms with Crippen LogP contribution in [-0.4, -0.2) is 10.9 Å². The molecular weight excluding hydrogens is 288 g/mol. The second-order valence-electron chi connectivity index (χ2n) is 4.11. The third kappa shape index (κ3) is 2.85. The van der Waals surface area contributed by atoms with Crippen molar-refractivity contribution < 1.29 is 13.6 Å². The number of nitrogens with zero attached hydrogens (tertiary/aromatic N) is 1. The van der Waals surface area contributed by atoms with Crippen LogP contribution in [0.3, 0.4) is 0 Å². The predicted octanol–water partition coefficient (Wildman–Crippen LogP) is 3.16. The van der Waals surface area contributed by atoms with E-state index in [0.29, 0.717) is 0 Å². The number of rotatable bonds is 2. The number of nitrogens with two attached hydrogens (primary N) is 1. The van der Waals surface area contributed by atoms with Crippen LogP contribution >= 0.6 is 11.6 Å². The van der Waals surface area contributed by atoms with E-state index < -0.39 is 23.2 Å². The van der Waals surface area contributed by atoms with Gasteiger partial charge in [0.05, 0.1) is 0 Å². The van der Waals surface area contributed by atoms with Crippen molar-refractivity contribution in [3.63, 3.8) is 0 Å². The van der Waals surface area contributed by atoms with E-state index in [1.54, 1.807) is 0 Å². The number of nitrogens with one attached hydrogen (secondary N) is 1. The number of benzene rings is 1. The summed E-state index contributed by atoms with van der Waals surface area (Å²) in [6.45, 7) is 1.46. The maximum absolute atomic E-state index is 13.8. The van der Waals surface area contributed by atoms with Gasteiger partial charge in [-0.05, 0) is 30.7 Å². The molecule has 0 aliphatic carbocycles. The van der Waals surface area contributed by atoms with Crippen molar-refractivity contribution in [2.75, 3.05) is 11.1 Å². The largest absolute Gasteiger partial charge is 0.384 e. The van der Waals surface area contributed by atoms with Gasteiger partial charge < -0.3 is 11.1 Å². The molecule has 0 atom stereocenters. The minimum Gasteiger partial charge on any atom is -0.384 e. The molecule has 0 bridgehead atoms. The molecule has 3 N–H and O–H groups in total. The molecule has 1 aromatic heterocycles. The maximum atomic E-state index is 13.8. The number of amides is 1. The van der Waals surface area contributed by atoms with E-state index in [-0.39, 0.29) is 22.1 Å². The van der Waals surface area contributed by atoms with E-state index in [1.165, 1.54) is 25.1 Å². The van der Waals surface area contributed by atoms with Crippen molar-refractivity contribution in [1.29, 1.82) is 0 Å². The number of anilines is 2. The monoisotopic (exact) mass is 297 g/mol. The lowest BCUT2D eigenvalue weighted by Gasteiger charge is -2.09. The SMILES string of the molecule is Cc1ccc(F)c(NC(=O)c2cc(N)nc(Cl)c2)c1F. The molecule has 20 heavy (non-hydrogen) atoms. The Morgan fingerprint density at radius 2 is 2.05 bits per heavy atom. The number of carbonyl (C=O) groups is 1. The van der Waals surface area contributed by atoms with Gasteiger partial charge in [-0.15, -0.1) is 0 Å². The van der Waals surface area contributed by atoms with Gasteiger partial charge in [-0.3, -0.25) is 4.79 Å². The first-order chi connectivity index (χ1) is 9.38. The summed E-state index contributed by atoms with van der Waals surface area (Å²) >= 11 is 5.67. The minimum absolute atomic E-state index is 0.0142. The first kappa shape index (κ1) is 14.2. The molecule has 0 saturated carbocycles. The Balaban J connectivity index is 2.35. The molecule has 1 aromatic carbocycles. The third-order valence-corrected chi connectivity index (χ3v) is 2.79. The van der Waals surface area contributed by atoms with Gasteiger partial charge in [0, 0.05) is 5.56 Å². The van der Waals surface area contributed by atoms with Crippen LogP contribution in [0.5, 0.6) is 0 Å². The average Bonchev–Trinajstić information content (AvgIpc) is 2.38. The number of hydrogen-bond donors (Lipinski definition) is 2. The van der Waals surface area contributed by atoms with Gasteiger partial charge in [0.25, 0.3) is 5.91 Å². The summed E-state index contributed by atoms with van der Waals surface area (Å²) in [6.07, 6.45) is 0. The van der Waals surface area contributed by atoms with E-state index in [1.807, 2.05) is 0 Å². The van der Waals surface area contributed by atoms with Crippen molar-refractivity contribution in [2.45, 2.75) is 6.92 Å². The van der Waals surface area contributed by atoms with Crippen LogP contribution in [0.25, 0.3) is 0 Å². The molecular formula is C13H10ClF2N3O. The molecule has 2 rings (SSSR count). The Morgan fingerprint density at radius 1 is 1.35 bits per heavy atom. The van der Waals surface area contributed by atoms with Gasteiger partial charge in [-0.2, -0.15) is 0 Å². The standard InChI is InChI=1S/C13H10ClF2N3O/c1-6-2-3-8(15)12(11(6)16)19-13(20)7-4-9(14)18-10(17)5-7/h2-5H,1H3,(H2,17,18)(H,19,20). The van der Waals surface area contributed by atoms with Crippen LogP contribution in [0, 0.1) is 18.6 Å². The van der Waals surface area contributed by atoms with Crippen molar-refractivity contribution in [3.05, 3.63) is 52.2 Å². The van der Waals surface area contributed by atoms with Crippen LogP contribution < -0.4 is 11.1 Å². The first-order valence-electron chi connectivity index (χ1n) is 5.57. The number of hydrogen-bond acceptors (Lipinski definition) is 3. The van der Waals surface area contributed by atoms with Crippen LogP contribution in [0.2, 0.25) is 5.15 Å². The molecule has 104 valence electrons. The third-order valence-electron chi connectivity index (χ3n) is 2.60. The molecule has 0 radical (unpaired) electrons. The molecule has 0 unspecified atom stereocenters. The van der Waals surface area contributed by atoms with Gasteiger partial charge >= 0.3 is 0 Å². The zero-order chi connectivity index (χ0) is 14.9. The smallest absolute Gasteiger partial charge is 0.256 e. The summed E-state index contributed by atoms with van der Waals surface area (Å²) in [5.74, 6) is -2.39. The zero-order valence-corrected chi connectivity index (χ0v) is 11.1. The van der Waals surface area contributed by atoms with Crippen LogP contribution in [0.15, 0.2) is 24.3 Å². The topological polar surface area (TPSA) is 68.0 Å². The second kappa shape index (κ2) is 5.42. The summed E-state index contributed by atoms with van der Waals surface area (Å²) in [5, 5.41) is 2.17. The molecule has 0 aliphatic rings. The highest BCUT2D eigenvalue weighted by Crippen LogP contribution is 2.23. The Morgan fingerprint density at radius 3 is 2.70 bits per heavy atom. The van der Waals surface area contributed by atoms with Gasteiger partial charge in [0.2, 0.25) is 0 Å². The number of halogens is 3. The van der Waals surface area contributed by atoms with Gasteiger partial charge in [-0.1, -0.05) is 17.7 Å². The number of nitrogen functional groups attached to an aromatic ring is 1. The van der Waals surface area contributed by atoms with Gasteiger partial charge in [-0.25, -0.2) is 13.8 Å². The number of carbonyl (C=O) groups excluding carboxylic acids is 1. The lowest BCUT2D eigenvalue weighted by molar-refractivity contribution is 0.102. The molecule has 0 aliphatic heterocycles. The van der Waals surface area contributed by atoms with Crippen molar-refractivity contribution in [3.8, 4) is 0 Å². The van der Waals surface area contributed by atoms with Crippen molar-refractivity contribution in [1.82, 2.24) is 4.98 Å². The van der Waals surface area contributed by atoms with E-state index in [2.05, 4.69) is 10.3 Å².